The molecule has 0 amide bonds. The topological polar surface area (TPSA) is 18.5 Å². The smallest absolute Gasteiger partial charge is 0.244 e. The Bertz CT molecular complexity index is 226. The molecule has 88 valence electrons. The van der Waals surface area contributed by atoms with Crippen LogP contribution in [0.3, 0.4) is 0 Å². The van der Waals surface area contributed by atoms with Crippen LogP contribution in [-0.2, 0) is 20.9 Å². The van der Waals surface area contributed by atoms with E-state index in [1.165, 1.54) is 25.7 Å². The molecule has 0 spiro atoms. The summed E-state index contributed by atoms with van der Waals surface area (Å²) in [6, 6.07) is 0. The minimum absolute atomic E-state index is 0.315. The van der Waals surface area contributed by atoms with Gasteiger partial charge in [0.15, 0.2) is 0 Å². The normalized spacial score (nSPS) is 25.1. The fourth-order valence-corrected chi connectivity index (χ4v) is 5.14. The van der Waals surface area contributed by atoms with Gasteiger partial charge < -0.3 is 9.05 Å². The first-order valence-electron chi connectivity index (χ1n) is 5.85. The second-order valence-corrected chi connectivity index (χ2v) is 9.68. The van der Waals surface area contributed by atoms with Crippen LogP contribution in [0, 0.1) is 0 Å². The molecule has 0 aliphatic heterocycles. The quantitative estimate of drug-likeness (QED) is 0.611. The predicted molar refractivity (Wildman–Crippen MR) is 70.0 cm³/mol. The Morgan fingerprint density at radius 3 is 1.53 bits per heavy atom. The van der Waals surface area contributed by atoms with E-state index in [-0.39, 0.29) is 0 Å². The van der Waals surface area contributed by atoms with Crippen molar-refractivity contribution in [3.63, 3.8) is 0 Å². The number of hydrogen-bond acceptors (Lipinski definition) is 3. The molecule has 2 aliphatic rings. The third kappa shape index (κ3) is 4.01. The first kappa shape index (κ1) is 12.4. The molecule has 0 radical (unpaired) electrons. The molecule has 0 bridgehead atoms. The molecule has 2 rings (SSSR count). The fraction of sp³-hybridized carbons (Fsp3) is 1.00. The minimum Gasteiger partial charge on any atom is -0.318 e. The van der Waals surface area contributed by atoms with E-state index < -0.39 is 5.69 Å². The van der Waals surface area contributed by atoms with Crippen LogP contribution in [0.5, 0.6) is 0 Å². The Morgan fingerprint density at radius 2 is 1.20 bits per heavy atom. The van der Waals surface area contributed by atoms with E-state index >= 15 is 0 Å². The number of rotatable bonds is 4. The van der Waals surface area contributed by atoms with Gasteiger partial charge in [-0.2, -0.15) is 0 Å². The zero-order chi connectivity index (χ0) is 10.7. The van der Waals surface area contributed by atoms with Crippen molar-refractivity contribution >= 4 is 29.7 Å². The molecular weight excluding hydrogens is 247 g/mol. The largest absolute Gasteiger partial charge is 0.318 e. The first-order chi connectivity index (χ1) is 7.16. The van der Waals surface area contributed by atoms with Gasteiger partial charge in [0.25, 0.3) is 0 Å². The minimum atomic E-state index is -2.26. The van der Waals surface area contributed by atoms with Crippen molar-refractivity contribution in [2.45, 2.75) is 63.6 Å². The average molecular weight is 266 g/mol. The molecule has 0 aromatic heterocycles. The Labute approximate surface area is 102 Å². The highest BCUT2D eigenvalue weighted by Gasteiger charge is 2.27. The maximum atomic E-state index is 5.83. The van der Waals surface area contributed by atoms with E-state index in [0.717, 1.165) is 25.7 Å². The number of thiol groups is 1. The van der Waals surface area contributed by atoms with Crippen molar-refractivity contribution in [3.8, 4) is 0 Å². The maximum absolute atomic E-state index is 5.83. The highest BCUT2D eigenvalue weighted by atomic mass is 32.9. The highest BCUT2D eigenvalue weighted by Crippen LogP contribution is 2.57. The summed E-state index contributed by atoms with van der Waals surface area (Å²) in [4.78, 5) is 0. The second-order valence-electron chi connectivity index (χ2n) is 4.49. The van der Waals surface area contributed by atoms with Gasteiger partial charge in [0.2, 0.25) is 5.69 Å². The molecule has 0 unspecified atom stereocenters. The van der Waals surface area contributed by atoms with E-state index in [9.17, 15) is 0 Å². The van der Waals surface area contributed by atoms with E-state index in [0.29, 0.717) is 12.2 Å². The summed E-state index contributed by atoms with van der Waals surface area (Å²) in [5.41, 5.74) is -2.26. The summed E-state index contributed by atoms with van der Waals surface area (Å²) in [5, 5.41) is 0. The Kier molecular flexibility index (Phi) is 4.54. The monoisotopic (exact) mass is 266 g/mol. The van der Waals surface area contributed by atoms with Gasteiger partial charge in [0, 0.05) is 0 Å². The van der Waals surface area contributed by atoms with Crippen LogP contribution in [-0.4, -0.2) is 12.2 Å². The lowest BCUT2D eigenvalue weighted by Crippen LogP contribution is -2.09. The molecular formula is C10H19O2PS2. The van der Waals surface area contributed by atoms with E-state index in [4.69, 9.17) is 20.9 Å². The summed E-state index contributed by atoms with van der Waals surface area (Å²) in [7, 11) is 0. The molecule has 2 saturated carbocycles. The average Bonchev–Trinajstić information content (AvgIpc) is 2.75. The van der Waals surface area contributed by atoms with E-state index in [2.05, 4.69) is 12.2 Å². The number of hydrogen-bond donors (Lipinski definition) is 1. The lowest BCUT2D eigenvalue weighted by Gasteiger charge is -2.24. The third-order valence-corrected chi connectivity index (χ3v) is 5.38. The van der Waals surface area contributed by atoms with Crippen LogP contribution in [0.2, 0.25) is 0 Å². The summed E-state index contributed by atoms with van der Waals surface area (Å²) in [6.07, 6.45) is 10.2. The molecule has 2 aliphatic carbocycles. The zero-order valence-electron chi connectivity index (χ0n) is 8.93. The van der Waals surface area contributed by atoms with Gasteiger partial charge in [-0.05, 0) is 37.5 Å². The summed E-state index contributed by atoms with van der Waals surface area (Å²) < 4.78 is 11.7. The fourth-order valence-electron chi connectivity index (χ4n) is 2.39. The van der Waals surface area contributed by atoms with Crippen LogP contribution in [0.4, 0.5) is 0 Å². The third-order valence-electron chi connectivity index (χ3n) is 3.17. The Morgan fingerprint density at radius 1 is 0.867 bits per heavy atom. The van der Waals surface area contributed by atoms with Gasteiger partial charge >= 0.3 is 0 Å². The van der Waals surface area contributed by atoms with Gasteiger partial charge in [-0.1, -0.05) is 37.9 Å². The zero-order valence-corrected chi connectivity index (χ0v) is 11.5. The van der Waals surface area contributed by atoms with E-state index in [1.807, 2.05) is 0 Å². The molecule has 0 heterocycles. The SMILES string of the molecule is S=P(S)(OC1CCCC1)OC1CCCC1. The molecule has 0 saturated heterocycles. The van der Waals surface area contributed by atoms with Crippen molar-refractivity contribution in [1.82, 2.24) is 0 Å². The van der Waals surface area contributed by atoms with Crippen LogP contribution in [0.1, 0.15) is 51.4 Å². The van der Waals surface area contributed by atoms with Crippen LogP contribution >= 0.6 is 17.9 Å². The maximum Gasteiger partial charge on any atom is 0.244 e. The molecule has 15 heavy (non-hydrogen) atoms. The molecule has 0 aromatic carbocycles. The van der Waals surface area contributed by atoms with Gasteiger partial charge in [0.05, 0.1) is 12.2 Å². The van der Waals surface area contributed by atoms with Crippen molar-refractivity contribution in [2.24, 2.45) is 0 Å². The van der Waals surface area contributed by atoms with Gasteiger partial charge in [-0.25, -0.2) is 0 Å². The lowest BCUT2D eigenvalue weighted by atomic mass is 10.3. The molecule has 0 N–H and O–H groups in total. The highest BCUT2D eigenvalue weighted by molar-refractivity contribution is 8.60. The summed E-state index contributed by atoms with van der Waals surface area (Å²) >= 11 is 9.77. The van der Waals surface area contributed by atoms with Crippen molar-refractivity contribution in [3.05, 3.63) is 0 Å². The molecule has 2 nitrogen and oxygen atoms in total. The van der Waals surface area contributed by atoms with Gasteiger partial charge in [0.1, 0.15) is 0 Å². The first-order valence-corrected chi connectivity index (χ1v) is 9.64. The van der Waals surface area contributed by atoms with Gasteiger partial charge in [-0.3, -0.25) is 0 Å². The van der Waals surface area contributed by atoms with E-state index in [1.54, 1.807) is 0 Å². The molecule has 0 aromatic rings. The molecule has 5 heteroatoms. The predicted octanol–water partition coefficient (Wildman–Crippen LogP) is 4.06. The summed E-state index contributed by atoms with van der Waals surface area (Å²) in [5.74, 6) is 0. The Hall–Kier alpha value is 0.920. The van der Waals surface area contributed by atoms with Crippen LogP contribution in [0.25, 0.3) is 0 Å². The molecule has 2 fully saturated rings. The standard InChI is InChI=1S/C10H19O2PS2/c14-13(15,11-9-5-1-2-6-9)12-10-7-3-4-8-10/h9-10H,1-8H2,(H,14,15). The van der Waals surface area contributed by atoms with Gasteiger partial charge in [-0.15, -0.1) is 0 Å². The van der Waals surface area contributed by atoms with Crippen LogP contribution < -0.4 is 0 Å². The lowest BCUT2D eigenvalue weighted by molar-refractivity contribution is 0.156. The summed E-state index contributed by atoms with van der Waals surface area (Å²) in [6.45, 7) is 0. The molecule has 0 atom stereocenters. The Balaban J connectivity index is 1.79. The van der Waals surface area contributed by atoms with Crippen molar-refractivity contribution in [1.29, 1.82) is 0 Å². The van der Waals surface area contributed by atoms with Crippen molar-refractivity contribution < 1.29 is 9.05 Å². The van der Waals surface area contributed by atoms with Crippen LogP contribution in [0.15, 0.2) is 0 Å². The van der Waals surface area contributed by atoms with Crippen molar-refractivity contribution in [2.75, 3.05) is 0 Å². The second kappa shape index (κ2) is 5.50.